The maximum Gasteiger partial charge on any atom is 0.297 e. The predicted molar refractivity (Wildman–Crippen MR) is 106 cm³/mol. The molecule has 10 heteroatoms. The number of aryl methyl sites for hydroxylation is 1. The van der Waals surface area contributed by atoms with Gasteiger partial charge >= 0.3 is 0 Å². The first-order chi connectivity index (χ1) is 14.5. The maximum absolute atomic E-state index is 12.9. The minimum Gasteiger partial charge on any atom is -0.368 e. The number of hydrogen-bond acceptors (Lipinski definition) is 7. The van der Waals surface area contributed by atoms with E-state index in [4.69, 9.17) is 23.9 Å². The number of azide groups is 1. The summed E-state index contributed by atoms with van der Waals surface area (Å²) in [5, 5.41) is 3.70. The van der Waals surface area contributed by atoms with Crippen molar-refractivity contribution in [3.8, 4) is 0 Å². The first-order valence-corrected chi connectivity index (χ1v) is 10.9. The van der Waals surface area contributed by atoms with E-state index in [0.717, 1.165) is 11.1 Å². The Kier molecular flexibility index (Phi) is 6.05. The Morgan fingerprint density at radius 2 is 1.87 bits per heavy atom. The van der Waals surface area contributed by atoms with Gasteiger partial charge in [0.1, 0.15) is 24.4 Å². The van der Waals surface area contributed by atoms with Crippen LogP contribution in [0.4, 0.5) is 0 Å². The van der Waals surface area contributed by atoms with Gasteiger partial charge in [-0.2, -0.15) is 8.42 Å². The Bertz CT molecular complexity index is 1020. The van der Waals surface area contributed by atoms with Gasteiger partial charge in [0.2, 0.25) is 0 Å². The molecule has 4 rings (SSSR count). The van der Waals surface area contributed by atoms with Crippen molar-refractivity contribution in [1.82, 2.24) is 0 Å². The number of hydrogen-bond donors (Lipinski definition) is 0. The van der Waals surface area contributed by atoms with Crippen LogP contribution in [-0.4, -0.2) is 45.7 Å². The van der Waals surface area contributed by atoms with Crippen LogP contribution in [0.1, 0.15) is 11.1 Å². The molecule has 0 unspecified atom stereocenters. The van der Waals surface area contributed by atoms with Crippen LogP contribution in [-0.2, 0) is 35.1 Å². The summed E-state index contributed by atoms with van der Waals surface area (Å²) in [4.78, 5) is 2.84. The third kappa shape index (κ3) is 4.34. The van der Waals surface area contributed by atoms with Crippen molar-refractivity contribution >= 4 is 10.1 Å². The minimum absolute atomic E-state index is 0.00866. The molecular weight excluding hydrogens is 410 g/mol. The van der Waals surface area contributed by atoms with Gasteiger partial charge in [0.25, 0.3) is 10.1 Å². The Morgan fingerprint density at radius 3 is 2.57 bits per heavy atom. The standard InChI is InChI=1S/C20H21N3O6S/c1-13-7-9-15(10-8-13)30(24,25)29-19-17(22-23-21)20-27-12-16(28-20)18(19)26-11-14-5-3-2-4-6-14/h2-10,16-20H,11-12H2,1H3/t16-,17-,18-,19-,20-/m1/s1. The smallest absolute Gasteiger partial charge is 0.297 e. The molecule has 0 aliphatic carbocycles. The molecule has 5 atom stereocenters. The molecule has 2 fully saturated rings. The van der Waals surface area contributed by atoms with Gasteiger partial charge in [0.15, 0.2) is 6.29 Å². The van der Waals surface area contributed by atoms with E-state index < -0.39 is 40.8 Å². The van der Waals surface area contributed by atoms with E-state index in [0.29, 0.717) is 0 Å². The Labute approximate surface area is 174 Å². The van der Waals surface area contributed by atoms with E-state index in [2.05, 4.69) is 10.0 Å². The zero-order valence-electron chi connectivity index (χ0n) is 16.2. The van der Waals surface area contributed by atoms with Crippen LogP contribution in [0, 0.1) is 6.92 Å². The molecule has 2 aliphatic rings. The van der Waals surface area contributed by atoms with Crippen LogP contribution < -0.4 is 0 Å². The second kappa shape index (κ2) is 8.73. The maximum atomic E-state index is 12.9. The summed E-state index contributed by atoms with van der Waals surface area (Å²) in [6, 6.07) is 14.7. The summed E-state index contributed by atoms with van der Waals surface area (Å²) in [6.45, 7) is 2.26. The first kappa shape index (κ1) is 20.8. The second-order valence-electron chi connectivity index (χ2n) is 7.16. The van der Waals surface area contributed by atoms with Gasteiger partial charge < -0.3 is 14.2 Å². The summed E-state index contributed by atoms with van der Waals surface area (Å²) in [5.41, 5.74) is 10.8. The summed E-state index contributed by atoms with van der Waals surface area (Å²) < 4.78 is 48.7. The summed E-state index contributed by atoms with van der Waals surface area (Å²) in [6.07, 6.45) is -3.33. The van der Waals surface area contributed by atoms with Crippen molar-refractivity contribution in [3.05, 3.63) is 76.2 Å². The lowest BCUT2D eigenvalue weighted by atomic mass is 9.99. The normalized spacial score (nSPS) is 28.1. The summed E-state index contributed by atoms with van der Waals surface area (Å²) in [5.74, 6) is 0. The molecule has 0 radical (unpaired) electrons. The summed E-state index contributed by atoms with van der Waals surface area (Å²) in [7, 11) is -4.14. The van der Waals surface area contributed by atoms with Crippen molar-refractivity contribution < 1.29 is 26.8 Å². The number of rotatable bonds is 7. The van der Waals surface area contributed by atoms with E-state index in [-0.39, 0.29) is 18.1 Å². The second-order valence-corrected chi connectivity index (χ2v) is 8.73. The molecule has 2 bridgehead atoms. The summed E-state index contributed by atoms with van der Waals surface area (Å²) >= 11 is 0. The zero-order valence-corrected chi connectivity index (χ0v) is 17.0. The minimum atomic E-state index is -4.14. The molecule has 0 N–H and O–H groups in total. The molecule has 9 nitrogen and oxygen atoms in total. The lowest BCUT2D eigenvalue weighted by Crippen LogP contribution is -2.55. The van der Waals surface area contributed by atoms with Gasteiger partial charge in [-0.3, -0.25) is 4.18 Å². The van der Waals surface area contributed by atoms with Crippen LogP contribution in [0.2, 0.25) is 0 Å². The Morgan fingerprint density at radius 1 is 1.13 bits per heavy atom. The highest BCUT2D eigenvalue weighted by Crippen LogP contribution is 2.35. The van der Waals surface area contributed by atoms with Crippen LogP contribution in [0.3, 0.4) is 0 Å². The van der Waals surface area contributed by atoms with Gasteiger partial charge in [-0.05, 0) is 30.2 Å². The third-order valence-corrected chi connectivity index (χ3v) is 6.38. The van der Waals surface area contributed by atoms with E-state index in [1.165, 1.54) is 12.1 Å². The fraction of sp³-hybridized carbons (Fsp3) is 0.400. The largest absolute Gasteiger partial charge is 0.368 e. The molecule has 2 saturated heterocycles. The fourth-order valence-electron chi connectivity index (χ4n) is 3.52. The molecule has 0 amide bonds. The lowest BCUT2D eigenvalue weighted by molar-refractivity contribution is -0.188. The van der Waals surface area contributed by atoms with Crippen molar-refractivity contribution in [2.75, 3.05) is 6.61 Å². The third-order valence-electron chi connectivity index (χ3n) is 5.06. The molecule has 0 aromatic heterocycles. The SMILES string of the molecule is Cc1ccc(S(=O)(=O)O[C@@H]2[C@@H](N=[N+]=[N-])[C@@H]3OC[C@@H](O3)[C@H]2OCc2ccccc2)cc1. The average molecular weight is 431 g/mol. The van der Waals surface area contributed by atoms with Gasteiger partial charge in [-0.25, -0.2) is 0 Å². The monoisotopic (exact) mass is 431 g/mol. The van der Waals surface area contributed by atoms with Gasteiger partial charge in [0.05, 0.1) is 18.1 Å². The lowest BCUT2D eigenvalue weighted by Gasteiger charge is -2.38. The quantitative estimate of drug-likeness (QED) is 0.288. The highest BCUT2D eigenvalue weighted by Gasteiger charge is 2.53. The molecule has 0 spiro atoms. The van der Waals surface area contributed by atoms with E-state index >= 15 is 0 Å². The number of benzene rings is 2. The van der Waals surface area contributed by atoms with Crippen molar-refractivity contribution in [1.29, 1.82) is 0 Å². The van der Waals surface area contributed by atoms with Crippen molar-refractivity contribution in [2.45, 2.75) is 49.1 Å². The highest BCUT2D eigenvalue weighted by atomic mass is 32.2. The van der Waals surface area contributed by atoms with Crippen molar-refractivity contribution in [2.24, 2.45) is 5.11 Å². The topological polar surface area (TPSA) is 120 Å². The molecule has 2 aliphatic heterocycles. The van der Waals surface area contributed by atoms with Gasteiger partial charge in [0, 0.05) is 4.91 Å². The van der Waals surface area contributed by atoms with E-state index in [1.807, 2.05) is 37.3 Å². The van der Waals surface area contributed by atoms with E-state index in [1.54, 1.807) is 12.1 Å². The average Bonchev–Trinajstić information content (AvgIpc) is 3.17. The Hall–Kier alpha value is -2.46. The molecule has 2 aromatic rings. The van der Waals surface area contributed by atoms with Gasteiger partial charge in [-0.1, -0.05) is 53.1 Å². The molecule has 2 aromatic carbocycles. The molecule has 0 saturated carbocycles. The van der Waals surface area contributed by atoms with Crippen LogP contribution >= 0.6 is 0 Å². The first-order valence-electron chi connectivity index (χ1n) is 9.45. The number of nitrogens with zero attached hydrogens (tertiary/aromatic N) is 3. The molecule has 30 heavy (non-hydrogen) atoms. The highest BCUT2D eigenvalue weighted by molar-refractivity contribution is 7.86. The zero-order chi connectivity index (χ0) is 21.1. The molecule has 158 valence electrons. The van der Waals surface area contributed by atoms with Crippen LogP contribution in [0.5, 0.6) is 0 Å². The fourth-order valence-corrected chi connectivity index (χ4v) is 4.62. The predicted octanol–water partition coefficient (Wildman–Crippen LogP) is 3.09. The number of fused-ring (bicyclic) bond motifs is 2. The van der Waals surface area contributed by atoms with E-state index in [9.17, 15) is 8.42 Å². The molecule has 2 heterocycles. The van der Waals surface area contributed by atoms with Crippen LogP contribution in [0.25, 0.3) is 10.4 Å². The molecular formula is C20H21N3O6S. The van der Waals surface area contributed by atoms with Crippen molar-refractivity contribution in [3.63, 3.8) is 0 Å². The van der Waals surface area contributed by atoms with Crippen LogP contribution in [0.15, 0.2) is 64.6 Å². The number of ether oxygens (including phenoxy) is 3. The Balaban J connectivity index is 1.62. The van der Waals surface area contributed by atoms with Gasteiger partial charge in [-0.15, -0.1) is 0 Å².